The van der Waals surface area contributed by atoms with Gasteiger partial charge in [-0.3, -0.25) is 0 Å². The van der Waals surface area contributed by atoms with Crippen molar-refractivity contribution in [3.63, 3.8) is 0 Å². The van der Waals surface area contributed by atoms with Crippen molar-refractivity contribution in [2.45, 2.75) is 47.9 Å². The molecule has 0 spiro atoms. The van der Waals surface area contributed by atoms with Crippen LogP contribution < -0.4 is 20.1 Å². The van der Waals surface area contributed by atoms with Crippen LogP contribution in [-0.2, 0) is 12.4 Å². The number of anilines is 2. The minimum absolute atomic E-state index is 0.535. The summed E-state index contributed by atoms with van der Waals surface area (Å²) in [5.74, 6) is 1.69. The molecule has 0 saturated heterocycles. The molecule has 0 radical (unpaired) electrons. The van der Waals surface area contributed by atoms with E-state index in [0.717, 1.165) is 22.9 Å². The number of ether oxygens (including phenoxy) is 2. The van der Waals surface area contributed by atoms with E-state index < -0.39 is 12.4 Å². The normalized spacial score (nSPS) is 14.7. The van der Waals surface area contributed by atoms with Crippen LogP contribution in [0.3, 0.4) is 0 Å². The summed E-state index contributed by atoms with van der Waals surface area (Å²) >= 11 is 2.83. The molecule has 6 heteroatoms. The van der Waals surface area contributed by atoms with E-state index in [1.165, 1.54) is 6.42 Å². The summed E-state index contributed by atoms with van der Waals surface area (Å²) in [6.45, 7) is 5.24. The van der Waals surface area contributed by atoms with Gasteiger partial charge in [0.05, 0.1) is 13.2 Å². The fourth-order valence-electron chi connectivity index (χ4n) is 2.97. The number of nitrogens with one attached hydrogen (secondary N) is 2. The van der Waals surface area contributed by atoms with Crippen molar-refractivity contribution in [2.75, 3.05) is 23.8 Å². The van der Waals surface area contributed by atoms with Gasteiger partial charge in [-0.2, -0.15) is 0 Å². The standard InChI is InChI=1S/C17H20N2O2S.C5H5.5CH3.Ru/c1-3-20-15-9-5-13(6-10-15)18-17(22)19-14-7-11-16(12-8-14)21-4-2;1-2-4-5-3-1;;;;;;/h5-12H,3-4H2,1-2H3,(H2,18,19,22);1-3H,4H2;5*1H3;. The van der Waals surface area contributed by atoms with E-state index >= 15 is 0 Å². The van der Waals surface area contributed by atoms with Gasteiger partial charge in [-0.05, 0) is 74.6 Å². The van der Waals surface area contributed by atoms with E-state index in [9.17, 15) is 0 Å². The van der Waals surface area contributed by atoms with Crippen molar-refractivity contribution < 1.29 is 21.9 Å². The van der Waals surface area contributed by atoms with Gasteiger partial charge in [0.1, 0.15) is 11.5 Å². The van der Waals surface area contributed by atoms with Crippen LogP contribution in [-0.4, -0.2) is 18.3 Å². The number of hydrogen-bond donors (Lipinski definition) is 2. The maximum atomic E-state index is 5.40. The van der Waals surface area contributed by atoms with Crippen molar-refractivity contribution in [1.82, 2.24) is 0 Å². The van der Waals surface area contributed by atoms with E-state index in [1.54, 1.807) is 4.17 Å². The first-order valence-electron chi connectivity index (χ1n) is 10.9. The third-order valence-electron chi connectivity index (χ3n) is 4.70. The monoisotopic (exact) mass is 558 g/mol. The fraction of sp³-hybridized carbons (Fsp3) is 0.370. The number of allylic oxidation sites excluding steroid dienone is 4. The van der Waals surface area contributed by atoms with Gasteiger partial charge in [-0.1, -0.05) is 0 Å². The molecule has 0 bridgehead atoms. The number of rotatable bonds is 7. The molecule has 2 aromatic rings. The quantitative estimate of drug-likeness (QED) is 0.264. The summed E-state index contributed by atoms with van der Waals surface area (Å²) in [6.07, 6.45) is 7.97. The Morgan fingerprint density at radius 1 is 0.788 bits per heavy atom. The Kier molecular flexibility index (Phi) is 8.54. The topological polar surface area (TPSA) is 42.5 Å². The average molecular weight is 558 g/mol. The molecule has 0 amide bonds. The second kappa shape index (κ2) is 10.4. The summed E-state index contributed by atoms with van der Waals surface area (Å²) in [6, 6.07) is 15.3. The van der Waals surface area contributed by atoms with Crippen LogP contribution in [0.4, 0.5) is 11.4 Å². The molecule has 0 heterocycles. The van der Waals surface area contributed by atoms with Crippen molar-refractivity contribution in [3.05, 3.63) is 70.9 Å². The zero-order chi connectivity index (χ0) is 24.6. The summed E-state index contributed by atoms with van der Waals surface area (Å²) in [4.78, 5) is 0. The van der Waals surface area contributed by atoms with Gasteiger partial charge in [0.25, 0.3) is 0 Å². The number of benzene rings is 2. The van der Waals surface area contributed by atoms with Gasteiger partial charge in [-0.25, -0.2) is 0 Å². The Balaban J connectivity index is 0.000000294. The first-order valence-corrected chi connectivity index (χ1v) is 20.9. The average Bonchev–Trinajstić information content (AvgIpc) is 3.27. The number of hydrogen-bond acceptors (Lipinski definition) is 3. The molecular weight excluding hydrogens is 517 g/mol. The molecular formula is C27H40N2O2RuS. The number of thiocarbonyl (C=S) groups is 1. The molecule has 0 fully saturated rings. The van der Waals surface area contributed by atoms with Gasteiger partial charge in [0.2, 0.25) is 0 Å². The molecule has 4 nitrogen and oxygen atoms in total. The molecule has 2 aromatic carbocycles. The van der Waals surface area contributed by atoms with Crippen LogP contribution in [0.2, 0.25) is 27.6 Å². The Hall–Kier alpha value is -2.17. The van der Waals surface area contributed by atoms with Crippen LogP contribution in [0, 0.1) is 0 Å². The second-order valence-corrected chi connectivity index (χ2v) is 33.4. The first kappa shape index (κ1) is 27.1. The van der Waals surface area contributed by atoms with Gasteiger partial charge in [0, 0.05) is 11.4 Å². The third-order valence-corrected chi connectivity index (χ3v) is 11.1. The Morgan fingerprint density at radius 2 is 1.21 bits per heavy atom. The summed E-state index contributed by atoms with van der Waals surface area (Å²) in [7, 11) is 0. The Bertz CT molecular complexity index is 937. The van der Waals surface area contributed by atoms with Gasteiger partial charge in [-0.15, -0.1) is 0 Å². The van der Waals surface area contributed by atoms with Crippen molar-refractivity contribution in [2.24, 2.45) is 0 Å². The van der Waals surface area contributed by atoms with Crippen LogP contribution in [0.5, 0.6) is 11.5 Å². The maximum absolute atomic E-state index is 5.40. The predicted molar refractivity (Wildman–Crippen MR) is 146 cm³/mol. The zero-order valence-corrected chi connectivity index (χ0v) is 23.6. The molecule has 33 heavy (non-hydrogen) atoms. The first-order chi connectivity index (χ1) is 15.3. The zero-order valence-electron chi connectivity index (χ0n) is 21.1. The second-order valence-electron chi connectivity index (χ2n) is 10.1. The molecule has 0 unspecified atom stereocenters. The Morgan fingerprint density at radius 3 is 1.48 bits per heavy atom. The predicted octanol–water partition coefficient (Wildman–Crippen LogP) is 8.59. The van der Waals surface area contributed by atoms with Crippen molar-refractivity contribution in [1.29, 1.82) is 0 Å². The summed E-state index contributed by atoms with van der Waals surface area (Å²) in [5.41, 5.74) is 14.2. The van der Waals surface area contributed by atoms with E-state index in [-0.39, 0.29) is 0 Å². The van der Waals surface area contributed by atoms with Crippen LogP contribution in [0.25, 0.3) is 0 Å². The SMILES string of the molecule is CCOc1ccc(NC(=S)Nc2ccc(OCC)cc2)cc1.[CH3][Ru]([CH3])([CH3])([CH3])([CH3])[C]1=CC=CC1. The molecule has 1 aliphatic rings. The van der Waals surface area contributed by atoms with Crippen LogP contribution >= 0.6 is 12.2 Å². The Labute approximate surface area is 204 Å². The summed E-state index contributed by atoms with van der Waals surface area (Å²) < 4.78 is 12.5. The molecule has 3 rings (SSSR count). The molecule has 0 atom stereocenters. The van der Waals surface area contributed by atoms with Crippen LogP contribution in [0.15, 0.2) is 70.9 Å². The van der Waals surface area contributed by atoms with Crippen LogP contribution in [0.1, 0.15) is 20.3 Å². The molecule has 0 saturated carbocycles. The van der Waals surface area contributed by atoms with E-state index in [0.29, 0.717) is 18.3 Å². The van der Waals surface area contributed by atoms with E-state index in [2.05, 4.69) is 56.5 Å². The summed E-state index contributed by atoms with van der Waals surface area (Å²) in [5, 5.41) is 6.80. The van der Waals surface area contributed by atoms with E-state index in [1.807, 2.05) is 62.4 Å². The van der Waals surface area contributed by atoms with E-state index in [4.69, 9.17) is 21.7 Å². The van der Waals surface area contributed by atoms with Crippen molar-refractivity contribution in [3.8, 4) is 11.5 Å². The van der Waals surface area contributed by atoms with Gasteiger partial charge >= 0.3 is 68.8 Å². The molecule has 0 aliphatic heterocycles. The van der Waals surface area contributed by atoms with Crippen molar-refractivity contribution >= 4 is 28.7 Å². The third kappa shape index (κ3) is 9.69. The molecule has 2 N–H and O–H groups in total. The molecule has 184 valence electrons. The van der Waals surface area contributed by atoms with Gasteiger partial charge < -0.3 is 20.1 Å². The molecule has 1 aliphatic carbocycles. The fourth-order valence-corrected chi connectivity index (χ4v) is 6.80. The van der Waals surface area contributed by atoms with Gasteiger partial charge in [0.15, 0.2) is 5.11 Å². The minimum atomic E-state index is -2.47. The molecule has 0 aromatic heterocycles.